The van der Waals surface area contributed by atoms with Crippen LogP contribution in [-0.2, 0) is 6.42 Å². The zero-order valence-corrected chi connectivity index (χ0v) is 13.3. The van der Waals surface area contributed by atoms with E-state index in [1.54, 1.807) is 7.11 Å². The predicted octanol–water partition coefficient (Wildman–Crippen LogP) is 3.76. The van der Waals surface area contributed by atoms with Gasteiger partial charge in [0.1, 0.15) is 5.75 Å². The molecular weight excluding hydrogens is 274 g/mol. The van der Waals surface area contributed by atoms with Crippen LogP contribution in [0.5, 0.6) is 5.75 Å². The van der Waals surface area contributed by atoms with Crippen molar-refractivity contribution < 1.29 is 9.53 Å². The van der Waals surface area contributed by atoms with E-state index < -0.39 is 0 Å². The number of fused-ring (bicyclic) bond motifs is 1. The Morgan fingerprint density at radius 1 is 1.23 bits per heavy atom. The summed E-state index contributed by atoms with van der Waals surface area (Å²) in [6, 6.07) is 14.0. The molecule has 1 aliphatic rings. The van der Waals surface area contributed by atoms with Crippen LogP contribution in [0.25, 0.3) is 0 Å². The highest BCUT2D eigenvalue weighted by Crippen LogP contribution is 2.33. The lowest BCUT2D eigenvalue weighted by Gasteiger charge is -2.35. The molecule has 22 heavy (non-hydrogen) atoms. The van der Waals surface area contributed by atoms with E-state index >= 15 is 0 Å². The maximum absolute atomic E-state index is 12.8. The highest BCUT2D eigenvalue weighted by atomic mass is 16.5. The van der Waals surface area contributed by atoms with Gasteiger partial charge in [-0.05, 0) is 55.7 Å². The third-order valence-electron chi connectivity index (χ3n) is 4.42. The van der Waals surface area contributed by atoms with Gasteiger partial charge in [0.05, 0.1) is 13.2 Å². The Bertz CT molecular complexity index is 708. The van der Waals surface area contributed by atoms with Crippen molar-refractivity contribution in [2.24, 2.45) is 0 Å². The monoisotopic (exact) mass is 295 g/mol. The van der Waals surface area contributed by atoms with Crippen molar-refractivity contribution in [3.8, 4) is 5.75 Å². The van der Waals surface area contributed by atoms with E-state index in [9.17, 15) is 4.79 Å². The van der Waals surface area contributed by atoms with Crippen molar-refractivity contribution in [1.82, 2.24) is 4.90 Å². The molecule has 1 amide bonds. The van der Waals surface area contributed by atoms with E-state index in [1.807, 2.05) is 42.2 Å². The molecule has 1 unspecified atom stereocenters. The van der Waals surface area contributed by atoms with Gasteiger partial charge in [-0.2, -0.15) is 0 Å². The molecule has 0 saturated heterocycles. The van der Waals surface area contributed by atoms with E-state index in [2.05, 4.69) is 19.1 Å². The normalized spacial score (nSPS) is 17.0. The highest BCUT2D eigenvalue weighted by Gasteiger charge is 2.28. The maximum atomic E-state index is 12.8. The summed E-state index contributed by atoms with van der Waals surface area (Å²) in [5.41, 5.74) is 4.36. The summed E-state index contributed by atoms with van der Waals surface area (Å²) >= 11 is 0. The Kier molecular flexibility index (Phi) is 3.88. The molecule has 3 nitrogen and oxygen atoms in total. The van der Waals surface area contributed by atoms with Gasteiger partial charge in [0.25, 0.3) is 5.91 Å². The molecule has 0 bridgehead atoms. The van der Waals surface area contributed by atoms with Crippen molar-refractivity contribution in [1.29, 1.82) is 0 Å². The fourth-order valence-corrected chi connectivity index (χ4v) is 3.14. The molecule has 0 N–H and O–H groups in total. The summed E-state index contributed by atoms with van der Waals surface area (Å²) in [4.78, 5) is 14.8. The second kappa shape index (κ2) is 5.84. The number of hydrogen-bond donors (Lipinski definition) is 0. The predicted molar refractivity (Wildman–Crippen MR) is 87.3 cm³/mol. The molecule has 1 aliphatic heterocycles. The van der Waals surface area contributed by atoms with Crippen LogP contribution in [-0.4, -0.2) is 24.5 Å². The SMILES string of the molecule is COc1ccc2c(c1)C(C)N(C(=O)c1cccc(C)c1)CC2. The fourth-order valence-electron chi connectivity index (χ4n) is 3.14. The smallest absolute Gasteiger partial charge is 0.254 e. The summed E-state index contributed by atoms with van der Waals surface area (Å²) < 4.78 is 5.32. The molecule has 0 aromatic heterocycles. The Morgan fingerprint density at radius 3 is 2.77 bits per heavy atom. The average molecular weight is 295 g/mol. The van der Waals surface area contributed by atoms with E-state index in [1.165, 1.54) is 11.1 Å². The first kappa shape index (κ1) is 14.6. The molecule has 0 fully saturated rings. The van der Waals surface area contributed by atoms with Crippen molar-refractivity contribution >= 4 is 5.91 Å². The molecule has 3 rings (SSSR count). The second-order valence-corrected chi connectivity index (χ2v) is 5.86. The van der Waals surface area contributed by atoms with Crippen LogP contribution in [0.15, 0.2) is 42.5 Å². The summed E-state index contributed by atoms with van der Waals surface area (Å²) in [7, 11) is 1.67. The maximum Gasteiger partial charge on any atom is 0.254 e. The zero-order valence-electron chi connectivity index (χ0n) is 13.3. The number of aryl methyl sites for hydroxylation is 1. The summed E-state index contributed by atoms with van der Waals surface area (Å²) in [5.74, 6) is 0.945. The molecule has 1 heterocycles. The van der Waals surface area contributed by atoms with Gasteiger partial charge in [0.15, 0.2) is 0 Å². The van der Waals surface area contributed by atoms with Gasteiger partial charge in [-0.25, -0.2) is 0 Å². The van der Waals surface area contributed by atoms with Crippen LogP contribution >= 0.6 is 0 Å². The van der Waals surface area contributed by atoms with Crippen molar-refractivity contribution in [2.45, 2.75) is 26.3 Å². The first-order chi connectivity index (χ1) is 10.6. The molecule has 0 spiro atoms. The lowest BCUT2D eigenvalue weighted by atomic mass is 9.92. The number of ether oxygens (including phenoxy) is 1. The number of carbonyl (C=O) groups is 1. The lowest BCUT2D eigenvalue weighted by molar-refractivity contribution is 0.0677. The molecule has 2 aromatic rings. The van der Waals surface area contributed by atoms with Crippen LogP contribution in [0.3, 0.4) is 0 Å². The average Bonchev–Trinajstić information content (AvgIpc) is 2.54. The molecule has 0 radical (unpaired) electrons. The van der Waals surface area contributed by atoms with Crippen LogP contribution in [0.2, 0.25) is 0 Å². The number of carbonyl (C=O) groups excluding carboxylic acids is 1. The van der Waals surface area contributed by atoms with E-state index in [4.69, 9.17) is 4.74 Å². The molecule has 3 heteroatoms. The second-order valence-electron chi connectivity index (χ2n) is 5.86. The Balaban J connectivity index is 1.91. The van der Waals surface area contributed by atoms with Gasteiger partial charge in [-0.15, -0.1) is 0 Å². The van der Waals surface area contributed by atoms with Gasteiger partial charge in [-0.3, -0.25) is 4.79 Å². The molecule has 0 aliphatic carbocycles. The largest absolute Gasteiger partial charge is 0.497 e. The van der Waals surface area contributed by atoms with Gasteiger partial charge in [0.2, 0.25) is 0 Å². The van der Waals surface area contributed by atoms with Crippen molar-refractivity contribution in [3.63, 3.8) is 0 Å². The number of amides is 1. The topological polar surface area (TPSA) is 29.5 Å². The van der Waals surface area contributed by atoms with Crippen LogP contribution in [0, 0.1) is 6.92 Å². The standard InChI is InChI=1S/C19H21NO2/c1-13-5-4-6-16(11-13)19(21)20-10-9-15-7-8-17(22-3)12-18(15)14(20)2/h4-8,11-12,14H,9-10H2,1-3H3. The first-order valence-electron chi connectivity index (χ1n) is 7.64. The number of nitrogens with zero attached hydrogens (tertiary/aromatic N) is 1. The molecule has 114 valence electrons. The van der Waals surface area contributed by atoms with Crippen LogP contribution < -0.4 is 4.74 Å². The van der Waals surface area contributed by atoms with Gasteiger partial charge < -0.3 is 9.64 Å². The third kappa shape index (κ3) is 2.59. The number of rotatable bonds is 2. The molecular formula is C19H21NO2. The van der Waals surface area contributed by atoms with E-state index in [-0.39, 0.29) is 11.9 Å². The minimum absolute atomic E-state index is 0.0619. The minimum atomic E-state index is 0.0619. The number of methoxy groups -OCH3 is 1. The Hall–Kier alpha value is -2.29. The van der Waals surface area contributed by atoms with E-state index in [0.29, 0.717) is 0 Å². The Morgan fingerprint density at radius 2 is 2.05 bits per heavy atom. The third-order valence-corrected chi connectivity index (χ3v) is 4.42. The molecule has 0 saturated carbocycles. The first-order valence-corrected chi connectivity index (χ1v) is 7.64. The summed E-state index contributed by atoms with van der Waals surface area (Å²) in [6.07, 6.45) is 0.890. The van der Waals surface area contributed by atoms with Crippen LogP contribution in [0.4, 0.5) is 0 Å². The number of benzene rings is 2. The minimum Gasteiger partial charge on any atom is -0.497 e. The fraction of sp³-hybridized carbons (Fsp3) is 0.316. The molecule has 2 aromatic carbocycles. The zero-order chi connectivity index (χ0) is 15.7. The highest BCUT2D eigenvalue weighted by molar-refractivity contribution is 5.94. The number of hydrogen-bond acceptors (Lipinski definition) is 2. The lowest BCUT2D eigenvalue weighted by Crippen LogP contribution is -2.38. The van der Waals surface area contributed by atoms with Gasteiger partial charge in [-0.1, -0.05) is 23.8 Å². The van der Waals surface area contributed by atoms with E-state index in [0.717, 1.165) is 29.8 Å². The molecule has 1 atom stereocenters. The van der Waals surface area contributed by atoms with Crippen molar-refractivity contribution in [3.05, 3.63) is 64.7 Å². The van der Waals surface area contributed by atoms with Gasteiger partial charge in [0, 0.05) is 12.1 Å². The summed E-state index contributed by atoms with van der Waals surface area (Å²) in [5, 5.41) is 0. The van der Waals surface area contributed by atoms with Gasteiger partial charge >= 0.3 is 0 Å². The Labute approximate surface area is 131 Å². The van der Waals surface area contributed by atoms with Crippen molar-refractivity contribution in [2.75, 3.05) is 13.7 Å². The van der Waals surface area contributed by atoms with Crippen LogP contribution in [0.1, 0.15) is 40.0 Å². The quantitative estimate of drug-likeness (QED) is 0.844. The summed E-state index contributed by atoms with van der Waals surface area (Å²) in [6.45, 7) is 4.86.